The highest BCUT2D eigenvalue weighted by Crippen LogP contribution is 2.34. The molecule has 0 aliphatic carbocycles. The van der Waals surface area contributed by atoms with Crippen LogP contribution in [-0.2, 0) is 24.3 Å². The van der Waals surface area contributed by atoms with Gasteiger partial charge in [0.05, 0.1) is 22.6 Å². The first-order chi connectivity index (χ1) is 13.8. The lowest BCUT2D eigenvalue weighted by Gasteiger charge is -2.15. The molecule has 1 fully saturated rings. The van der Waals surface area contributed by atoms with Crippen LogP contribution in [-0.4, -0.2) is 32.6 Å². The average molecular weight is 431 g/mol. The highest BCUT2D eigenvalue weighted by atomic mass is 32.2. The number of ether oxygens (including phenoxy) is 1. The summed E-state index contributed by atoms with van der Waals surface area (Å²) in [6.45, 7) is 1.84. The quantitative estimate of drug-likeness (QED) is 0.443. The van der Waals surface area contributed by atoms with E-state index in [1.54, 1.807) is 42.5 Å². The lowest BCUT2D eigenvalue weighted by atomic mass is 10.2. The standard InChI is InChI=1S/C19H17N3O5S2/c1-13-8-10-15(11-9-13)29(25,26)21-20-19-22(14-6-4-3-5-7-14)18(24)16(28-19)12-17(23)27-2/h3-12,21H,1-2H3/b16-12-,20-19+. The first-order valence-electron chi connectivity index (χ1n) is 8.35. The Morgan fingerprint density at radius 1 is 1.14 bits per heavy atom. The van der Waals surface area contributed by atoms with Gasteiger partial charge in [0.15, 0.2) is 0 Å². The van der Waals surface area contributed by atoms with Gasteiger partial charge in [-0.15, -0.1) is 5.10 Å². The molecule has 0 spiro atoms. The smallest absolute Gasteiger partial charge is 0.331 e. The van der Waals surface area contributed by atoms with Crippen LogP contribution in [0.1, 0.15) is 5.56 Å². The Hall–Kier alpha value is -3.11. The van der Waals surface area contributed by atoms with Gasteiger partial charge >= 0.3 is 5.97 Å². The fourth-order valence-corrected chi connectivity index (χ4v) is 4.15. The zero-order valence-electron chi connectivity index (χ0n) is 15.5. The Morgan fingerprint density at radius 3 is 2.41 bits per heavy atom. The molecule has 1 saturated heterocycles. The molecule has 29 heavy (non-hydrogen) atoms. The molecule has 0 radical (unpaired) electrons. The number of amidine groups is 1. The summed E-state index contributed by atoms with van der Waals surface area (Å²) in [4.78, 5) is 27.8. The number of amides is 1. The first kappa shape index (κ1) is 20.6. The van der Waals surface area contributed by atoms with Crippen molar-refractivity contribution in [2.45, 2.75) is 11.8 Å². The van der Waals surface area contributed by atoms with Crippen LogP contribution in [0.4, 0.5) is 5.69 Å². The van der Waals surface area contributed by atoms with Gasteiger partial charge in [-0.3, -0.25) is 9.69 Å². The second kappa shape index (κ2) is 8.50. The van der Waals surface area contributed by atoms with Gasteiger partial charge in [0, 0.05) is 6.08 Å². The fraction of sp³-hybridized carbons (Fsp3) is 0.105. The Bertz CT molecular complexity index is 1090. The molecule has 1 heterocycles. The number of nitrogens with zero attached hydrogens (tertiary/aromatic N) is 2. The van der Waals surface area contributed by atoms with Crippen molar-refractivity contribution in [1.29, 1.82) is 0 Å². The zero-order valence-corrected chi connectivity index (χ0v) is 17.2. The van der Waals surface area contributed by atoms with Crippen LogP contribution in [0.2, 0.25) is 0 Å². The Morgan fingerprint density at radius 2 is 1.79 bits per heavy atom. The zero-order chi connectivity index (χ0) is 21.0. The van der Waals surface area contributed by atoms with Crippen LogP contribution in [0.3, 0.4) is 0 Å². The van der Waals surface area contributed by atoms with Gasteiger partial charge in [-0.1, -0.05) is 35.9 Å². The number of nitrogens with one attached hydrogen (secondary N) is 1. The topological polar surface area (TPSA) is 105 Å². The molecular formula is C19H17N3O5S2. The molecular weight excluding hydrogens is 414 g/mol. The maximum absolute atomic E-state index is 12.8. The van der Waals surface area contributed by atoms with E-state index >= 15 is 0 Å². The summed E-state index contributed by atoms with van der Waals surface area (Å²) >= 11 is 0.863. The number of carbonyl (C=O) groups excluding carboxylic acids is 2. The average Bonchev–Trinajstić information content (AvgIpc) is 3.02. The summed E-state index contributed by atoms with van der Waals surface area (Å²) in [5, 5.41) is 4.00. The molecule has 1 aliphatic rings. The summed E-state index contributed by atoms with van der Waals surface area (Å²) in [5.74, 6) is -1.21. The number of thioether (sulfide) groups is 1. The van der Waals surface area contributed by atoms with Crippen molar-refractivity contribution in [2.75, 3.05) is 12.0 Å². The molecule has 1 amide bonds. The molecule has 0 saturated carbocycles. The van der Waals surface area contributed by atoms with Gasteiger partial charge in [0.1, 0.15) is 0 Å². The number of rotatable bonds is 5. The van der Waals surface area contributed by atoms with E-state index < -0.39 is 21.9 Å². The van der Waals surface area contributed by atoms with Crippen LogP contribution in [0.25, 0.3) is 0 Å². The van der Waals surface area contributed by atoms with E-state index in [1.807, 2.05) is 6.92 Å². The summed E-state index contributed by atoms with van der Waals surface area (Å²) < 4.78 is 29.6. The Balaban J connectivity index is 1.96. The number of hydrazone groups is 1. The van der Waals surface area contributed by atoms with E-state index in [-0.39, 0.29) is 15.0 Å². The predicted molar refractivity (Wildman–Crippen MR) is 111 cm³/mol. The molecule has 0 atom stereocenters. The maximum atomic E-state index is 12.8. The van der Waals surface area contributed by atoms with Crippen LogP contribution in [0.15, 0.2) is 75.6 Å². The SMILES string of the molecule is COC(=O)/C=C1\S/C(=N/NS(=O)(=O)c2ccc(C)cc2)N(c2ccccc2)C1=O. The highest BCUT2D eigenvalue weighted by molar-refractivity contribution is 8.19. The number of benzene rings is 2. The minimum absolute atomic E-state index is 0.0401. The van der Waals surface area contributed by atoms with E-state index in [4.69, 9.17) is 0 Å². The monoisotopic (exact) mass is 431 g/mol. The summed E-state index contributed by atoms with van der Waals surface area (Å²) in [6, 6.07) is 14.8. The number of hydrogen-bond acceptors (Lipinski definition) is 7. The number of methoxy groups -OCH3 is 1. The van der Waals surface area contributed by atoms with Crippen molar-refractivity contribution >= 4 is 44.5 Å². The van der Waals surface area contributed by atoms with Gasteiger partial charge in [-0.2, -0.15) is 13.2 Å². The van der Waals surface area contributed by atoms with Crippen LogP contribution in [0, 0.1) is 6.92 Å². The molecule has 0 bridgehead atoms. The van der Waals surface area contributed by atoms with Gasteiger partial charge in [0.2, 0.25) is 5.17 Å². The third-order valence-electron chi connectivity index (χ3n) is 3.86. The van der Waals surface area contributed by atoms with Crippen LogP contribution >= 0.6 is 11.8 Å². The highest BCUT2D eigenvalue weighted by Gasteiger charge is 2.36. The Kier molecular flexibility index (Phi) is 6.04. The van der Waals surface area contributed by atoms with Gasteiger partial charge in [-0.25, -0.2) is 4.79 Å². The molecule has 1 aliphatic heterocycles. The van der Waals surface area contributed by atoms with E-state index in [0.717, 1.165) is 23.4 Å². The van der Waals surface area contributed by atoms with E-state index in [1.165, 1.54) is 24.1 Å². The van der Waals surface area contributed by atoms with Crippen LogP contribution < -0.4 is 9.73 Å². The van der Waals surface area contributed by atoms with E-state index in [0.29, 0.717) is 5.69 Å². The fourth-order valence-electron chi connectivity index (χ4n) is 2.39. The molecule has 150 valence electrons. The minimum Gasteiger partial charge on any atom is -0.466 e. The van der Waals surface area contributed by atoms with Crippen molar-refractivity contribution in [3.63, 3.8) is 0 Å². The third-order valence-corrected chi connectivity index (χ3v) is 6.06. The number of anilines is 1. The maximum Gasteiger partial charge on any atom is 0.331 e. The third kappa shape index (κ3) is 4.66. The van der Waals surface area contributed by atoms with Crippen molar-refractivity contribution in [3.05, 3.63) is 71.1 Å². The van der Waals surface area contributed by atoms with Crippen molar-refractivity contribution in [1.82, 2.24) is 4.83 Å². The molecule has 0 unspecified atom stereocenters. The summed E-state index contributed by atoms with van der Waals surface area (Å²) in [7, 11) is -2.74. The van der Waals surface area contributed by atoms with Gasteiger partial charge in [0.25, 0.3) is 15.9 Å². The second-order valence-corrected chi connectivity index (χ2v) is 8.58. The molecule has 8 nitrogen and oxygen atoms in total. The number of esters is 1. The molecule has 10 heteroatoms. The molecule has 0 aromatic heterocycles. The molecule has 3 rings (SSSR count). The normalized spacial score (nSPS) is 17.0. The molecule has 1 N–H and O–H groups in total. The van der Waals surface area contributed by atoms with Crippen molar-refractivity contribution in [3.8, 4) is 0 Å². The lowest BCUT2D eigenvalue weighted by Crippen LogP contribution is -2.31. The minimum atomic E-state index is -3.93. The van der Waals surface area contributed by atoms with Crippen LogP contribution in [0.5, 0.6) is 0 Å². The van der Waals surface area contributed by atoms with Gasteiger partial charge < -0.3 is 4.74 Å². The lowest BCUT2D eigenvalue weighted by molar-refractivity contribution is -0.135. The predicted octanol–water partition coefficient (Wildman–Crippen LogP) is 2.38. The number of hydrogen-bond donors (Lipinski definition) is 1. The number of aryl methyl sites for hydroxylation is 1. The molecule has 2 aromatic carbocycles. The van der Waals surface area contributed by atoms with Crippen molar-refractivity contribution < 1.29 is 22.7 Å². The van der Waals surface area contributed by atoms with E-state index in [9.17, 15) is 18.0 Å². The molecule has 2 aromatic rings. The van der Waals surface area contributed by atoms with E-state index in [2.05, 4.69) is 14.7 Å². The van der Waals surface area contributed by atoms with Crippen molar-refractivity contribution in [2.24, 2.45) is 5.10 Å². The number of carbonyl (C=O) groups is 2. The second-order valence-electron chi connectivity index (χ2n) is 5.91. The first-order valence-corrected chi connectivity index (χ1v) is 10.6. The summed E-state index contributed by atoms with van der Waals surface area (Å²) in [5.41, 5.74) is 1.40. The summed E-state index contributed by atoms with van der Waals surface area (Å²) in [6.07, 6.45) is 1.04. The Labute approximate surface area is 172 Å². The largest absolute Gasteiger partial charge is 0.466 e. The number of para-hydroxylation sites is 1. The number of sulfonamides is 1. The van der Waals surface area contributed by atoms with Gasteiger partial charge in [-0.05, 0) is 43.0 Å².